The first-order chi connectivity index (χ1) is 13.3. The summed E-state index contributed by atoms with van der Waals surface area (Å²) >= 11 is 3.40. The summed E-state index contributed by atoms with van der Waals surface area (Å²) < 4.78 is 39.5. The summed E-state index contributed by atoms with van der Waals surface area (Å²) in [5.74, 6) is -0.212. The van der Waals surface area contributed by atoms with Gasteiger partial charge >= 0.3 is 6.18 Å². The number of alkyl halides is 3. The van der Waals surface area contributed by atoms with Crippen LogP contribution in [0, 0.1) is 0 Å². The Labute approximate surface area is 167 Å². The van der Waals surface area contributed by atoms with Gasteiger partial charge in [-0.2, -0.15) is 13.2 Å². The van der Waals surface area contributed by atoms with Crippen LogP contribution in [0.5, 0.6) is 0 Å². The van der Waals surface area contributed by atoms with Crippen LogP contribution in [0.25, 0.3) is 0 Å². The molecule has 0 spiro atoms. The van der Waals surface area contributed by atoms with Gasteiger partial charge in [0.05, 0.1) is 11.1 Å². The monoisotopic (exact) mass is 449 g/mol. The van der Waals surface area contributed by atoms with E-state index in [1.165, 1.54) is 18.3 Å². The van der Waals surface area contributed by atoms with Gasteiger partial charge in [-0.3, -0.25) is 4.79 Å². The zero-order valence-electron chi connectivity index (χ0n) is 14.4. The maximum atomic E-state index is 12.8. The first-order valence-electron chi connectivity index (χ1n) is 8.25. The third kappa shape index (κ3) is 5.10. The smallest absolute Gasteiger partial charge is 0.365 e. The topological polar surface area (TPSA) is 54.0 Å². The van der Waals surface area contributed by atoms with E-state index >= 15 is 0 Å². The third-order valence-electron chi connectivity index (χ3n) is 3.85. The van der Waals surface area contributed by atoms with Gasteiger partial charge in [0.2, 0.25) is 0 Å². The van der Waals surface area contributed by atoms with Gasteiger partial charge in [-0.1, -0.05) is 34.1 Å². The molecule has 1 aromatic heterocycles. The second kappa shape index (κ2) is 8.43. The van der Waals surface area contributed by atoms with Crippen LogP contribution in [0.4, 0.5) is 24.7 Å². The molecule has 0 aliphatic rings. The number of nitrogens with zero attached hydrogens (tertiary/aromatic N) is 1. The molecule has 1 amide bonds. The molecule has 3 rings (SSSR count). The second-order valence-corrected chi connectivity index (χ2v) is 6.83. The number of benzene rings is 2. The highest BCUT2D eigenvalue weighted by Crippen LogP contribution is 2.30. The maximum Gasteiger partial charge on any atom is 0.416 e. The molecular formula is C20H15BrF3N3O. The number of amides is 1. The normalized spacial score (nSPS) is 11.1. The summed E-state index contributed by atoms with van der Waals surface area (Å²) in [6, 6.07) is 15.3. The SMILES string of the molecule is O=C(Nc1cccc(C(F)(F)F)c1)c1cccnc1NCc1cccc(Br)c1. The minimum absolute atomic E-state index is 0.0571. The minimum atomic E-state index is -4.48. The van der Waals surface area contributed by atoms with Gasteiger partial charge < -0.3 is 10.6 Å². The molecule has 1 heterocycles. The van der Waals surface area contributed by atoms with Crippen LogP contribution in [0.3, 0.4) is 0 Å². The zero-order valence-corrected chi connectivity index (χ0v) is 16.0. The molecule has 0 saturated heterocycles. The minimum Gasteiger partial charge on any atom is -0.365 e. The summed E-state index contributed by atoms with van der Waals surface area (Å²) in [6.07, 6.45) is -2.95. The fourth-order valence-corrected chi connectivity index (χ4v) is 2.98. The fourth-order valence-electron chi connectivity index (χ4n) is 2.53. The van der Waals surface area contributed by atoms with Crippen molar-refractivity contribution in [2.24, 2.45) is 0 Å². The predicted octanol–water partition coefficient (Wildman–Crippen LogP) is 5.73. The molecule has 0 atom stereocenters. The first-order valence-corrected chi connectivity index (χ1v) is 9.04. The van der Waals surface area contributed by atoms with E-state index in [9.17, 15) is 18.0 Å². The van der Waals surface area contributed by atoms with E-state index in [1.54, 1.807) is 12.1 Å². The number of nitrogens with one attached hydrogen (secondary N) is 2. The Morgan fingerprint density at radius 2 is 1.82 bits per heavy atom. The number of halogens is 4. The molecule has 0 saturated carbocycles. The van der Waals surface area contributed by atoms with Crippen molar-refractivity contribution in [3.63, 3.8) is 0 Å². The zero-order chi connectivity index (χ0) is 20.1. The molecular weight excluding hydrogens is 435 g/mol. The number of aromatic nitrogens is 1. The Kier molecular flexibility index (Phi) is 5.99. The van der Waals surface area contributed by atoms with Crippen molar-refractivity contribution in [3.05, 3.63) is 88.0 Å². The Morgan fingerprint density at radius 1 is 1.04 bits per heavy atom. The summed E-state index contributed by atoms with van der Waals surface area (Å²) in [4.78, 5) is 16.8. The number of pyridine rings is 1. The highest BCUT2D eigenvalue weighted by atomic mass is 79.9. The molecule has 0 bridgehead atoms. The third-order valence-corrected chi connectivity index (χ3v) is 4.34. The van der Waals surface area contributed by atoms with Crippen molar-refractivity contribution >= 4 is 33.3 Å². The summed E-state index contributed by atoms with van der Waals surface area (Å²) in [6.45, 7) is 0.431. The van der Waals surface area contributed by atoms with E-state index < -0.39 is 17.6 Å². The number of hydrogen-bond donors (Lipinski definition) is 2. The molecule has 2 aromatic carbocycles. The van der Waals surface area contributed by atoms with Gasteiger partial charge in [0.15, 0.2) is 0 Å². The van der Waals surface area contributed by atoms with Gasteiger partial charge in [-0.05, 0) is 48.0 Å². The Morgan fingerprint density at radius 3 is 2.57 bits per heavy atom. The van der Waals surface area contributed by atoms with Crippen LogP contribution < -0.4 is 10.6 Å². The summed E-state index contributed by atoms with van der Waals surface area (Å²) in [5, 5.41) is 5.58. The standard InChI is InChI=1S/C20H15BrF3N3O/c21-15-6-1-4-13(10-15)12-26-18-17(8-3-9-25-18)19(28)27-16-7-2-5-14(11-16)20(22,23)24/h1-11H,12H2,(H,25,26)(H,27,28). The number of rotatable bonds is 5. The summed E-state index contributed by atoms with van der Waals surface area (Å²) in [5.41, 5.74) is 0.435. The molecule has 0 unspecified atom stereocenters. The Bertz CT molecular complexity index is 992. The average molecular weight is 450 g/mol. The number of carbonyl (C=O) groups is 1. The molecule has 8 heteroatoms. The lowest BCUT2D eigenvalue weighted by Crippen LogP contribution is -2.16. The van der Waals surface area contributed by atoms with Gasteiger partial charge in [-0.25, -0.2) is 4.98 Å². The first kappa shape index (κ1) is 19.9. The Hall–Kier alpha value is -2.87. The van der Waals surface area contributed by atoms with Crippen LogP contribution in [0.15, 0.2) is 71.3 Å². The van der Waals surface area contributed by atoms with Gasteiger partial charge in [-0.15, -0.1) is 0 Å². The fraction of sp³-hybridized carbons (Fsp3) is 0.100. The molecule has 4 nitrogen and oxygen atoms in total. The lowest BCUT2D eigenvalue weighted by atomic mass is 10.1. The average Bonchev–Trinajstić information content (AvgIpc) is 2.66. The largest absolute Gasteiger partial charge is 0.416 e. The van der Waals surface area contributed by atoms with Gasteiger partial charge in [0.1, 0.15) is 5.82 Å². The van der Waals surface area contributed by atoms with Crippen LogP contribution >= 0.6 is 15.9 Å². The van der Waals surface area contributed by atoms with Crippen LogP contribution in [0.2, 0.25) is 0 Å². The van der Waals surface area contributed by atoms with Crippen molar-refractivity contribution in [2.45, 2.75) is 12.7 Å². The lowest BCUT2D eigenvalue weighted by molar-refractivity contribution is -0.137. The Balaban J connectivity index is 1.76. The van der Waals surface area contributed by atoms with E-state index in [4.69, 9.17) is 0 Å². The number of carbonyl (C=O) groups excluding carboxylic acids is 1. The van der Waals surface area contributed by atoms with E-state index in [1.807, 2.05) is 24.3 Å². The van der Waals surface area contributed by atoms with Crippen molar-refractivity contribution in [1.29, 1.82) is 0 Å². The number of anilines is 2. The quantitative estimate of drug-likeness (QED) is 0.523. The molecule has 2 N–H and O–H groups in total. The lowest BCUT2D eigenvalue weighted by Gasteiger charge is -2.13. The molecule has 144 valence electrons. The molecule has 0 aliphatic heterocycles. The molecule has 0 aliphatic carbocycles. The molecule has 0 radical (unpaired) electrons. The molecule has 3 aromatic rings. The van der Waals surface area contributed by atoms with Gasteiger partial charge in [0, 0.05) is 22.9 Å². The number of hydrogen-bond acceptors (Lipinski definition) is 3. The maximum absolute atomic E-state index is 12.8. The van der Waals surface area contributed by atoms with Gasteiger partial charge in [0.25, 0.3) is 5.91 Å². The van der Waals surface area contributed by atoms with Crippen molar-refractivity contribution in [2.75, 3.05) is 10.6 Å². The molecule has 28 heavy (non-hydrogen) atoms. The highest BCUT2D eigenvalue weighted by Gasteiger charge is 2.30. The summed E-state index contributed by atoms with van der Waals surface area (Å²) in [7, 11) is 0. The van der Waals surface area contributed by atoms with E-state index in [0.29, 0.717) is 12.4 Å². The molecule has 0 fully saturated rings. The van der Waals surface area contributed by atoms with Crippen LogP contribution in [0.1, 0.15) is 21.5 Å². The highest BCUT2D eigenvalue weighted by molar-refractivity contribution is 9.10. The van der Waals surface area contributed by atoms with E-state index in [2.05, 4.69) is 31.5 Å². The van der Waals surface area contributed by atoms with E-state index in [-0.39, 0.29) is 11.3 Å². The van der Waals surface area contributed by atoms with Crippen molar-refractivity contribution in [3.8, 4) is 0 Å². The van der Waals surface area contributed by atoms with Crippen LogP contribution in [-0.2, 0) is 12.7 Å². The van der Waals surface area contributed by atoms with Crippen molar-refractivity contribution in [1.82, 2.24) is 4.98 Å². The second-order valence-electron chi connectivity index (χ2n) is 5.92. The predicted molar refractivity (Wildman–Crippen MR) is 105 cm³/mol. The van der Waals surface area contributed by atoms with Crippen molar-refractivity contribution < 1.29 is 18.0 Å². The van der Waals surface area contributed by atoms with Crippen LogP contribution in [-0.4, -0.2) is 10.9 Å². The van der Waals surface area contributed by atoms with E-state index in [0.717, 1.165) is 22.2 Å².